The van der Waals surface area contributed by atoms with Crippen LogP contribution < -0.4 is 0 Å². The zero-order valence-electron chi connectivity index (χ0n) is 12.3. The van der Waals surface area contributed by atoms with E-state index in [-0.39, 0.29) is 29.0 Å². The average Bonchev–Trinajstić information content (AvgIpc) is 2.85. The normalized spacial score (nSPS) is 67.2. The molecule has 5 nitrogen and oxygen atoms in total. The summed E-state index contributed by atoms with van der Waals surface area (Å²) >= 11 is 0. The van der Waals surface area contributed by atoms with Crippen molar-refractivity contribution in [1.82, 2.24) is 0 Å². The molecule has 0 aromatic carbocycles. The average molecular weight is 282 g/mol. The number of carbonyl (C=O) groups is 1. The van der Waals surface area contributed by atoms with Gasteiger partial charge in [0.15, 0.2) is 0 Å². The van der Waals surface area contributed by atoms with Crippen LogP contribution in [-0.2, 0) is 14.3 Å². The van der Waals surface area contributed by atoms with E-state index in [0.717, 1.165) is 6.42 Å². The Morgan fingerprint density at radius 3 is 2.35 bits per heavy atom. The SMILES string of the molecule is C[C@@H]1[C@@H]2C[C@@]3(C)[C@H](C)[C@@]4(C(=O)O[C@@H](O)[C@@H]4O)[C@@H](O2)[C@@]13C. The molecule has 4 aliphatic rings. The minimum absolute atomic E-state index is 0.0793. The van der Waals surface area contributed by atoms with Crippen molar-refractivity contribution in [2.24, 2.45) is 28.1 Å². The van der Waals surface area contributed by atoms with Gasteiger partial charge >= 0.3 is 5.97 Å². The van der Waals surface area contributed by atoms with Gasteiger partial charge in [-0.3, -0.25) is 4.79 Å². The van der Waals surface area contributed by atoms with Gasteiger partial charge in [-0.15, -0.1) is 0 Å². The number of hydrogen-bond donors (Lipinski definition) is 2. The molecule has 2 saturated carbocycles. The summed E-state index contributed by atoms with van der Waals surface area (Å²) in [5.74, 6) is -0.239. The van der Waals surface area contributed by atoms with E-state index in [2.05, 4.69) is 20.8 Å². The Kier molecular flexibility index (Phi) is 2.11. The molecular weight excluding hydrogens is 260 g/mol. The van der Waals surface area contributed by atoms with Crippen LogP contribution in [0.25, 0.3) is 0 Å². The molecule has 0 amide bonds. The van der Waals surface area contributed by atoms with Gasteiger partial charge in [-0.05, 0) is 23.7 Å². The number of rotatable bonds is 0. The fourth-order valence-electron chi connectivity index (χ4n) is 6.08. The lowest BCUT2D eigenvalue weighted by Gasteiger charge is -2.41. The summed E-state index contributed by atoms with van der Waals surface area (Å²) in [4.78, 5) is 12.5. The molecule has 0 aromatic heterocycles. The van der Waals surface area contributed by atoms with E-state index < -0.39 is 23.8 Å². The number of cyclic esters (lactones) is 1. The van der Waals surface area contributed by atoms with E-state index in [0.29, 0.717) is 5.92 Å². The Morgan fingerprint density at radius 2 is 1.90 bits per heavy atom. The van der Waals surface area contributed by atoms with Crippen LogP contribution >= 0.6 is 0 Å². The molecule has 2 N–H and O–H groups in total. The number of aliphatic hydroxyl groups is 2. The summed E-state index contributed by atoms with van der Waals surface area (Å²) in [6, 6.07) is 0. The molecule has 112 valence electrons. The fourth-order valence-corrected chi connectivity index (χ4v) is 6.08. The molecule has 20 heavy (non-hydrogen) atoms. The molecule has 2 aliphatic carbocycles. The summed E-state index contributed by atoms with van der Waals surface area (Å²) in [6.07, 6.45) is -1.98. The van der Waals surface area contributed by atoms with Gasteiger partial charge in [-0.2, -0.15) is 0 Å². The lowest BCUT2D eigenvalue weighted by atomic mass is 9.64. The van der Waals surface area contributed by atoms with Crippen molar-refractivity contribution in [2.75, 3.05) is 0 Å². The molecule has 1 spiro atoms. The minimum Gasteiger partial charge on any atom is -0.432 e. The lowest BCUT2D eigenvalue weighted by molar-refractivity contribution is -0.163. The van der Waals surface area contributed by atoms with Gasteiger partial charge in [0.1, 0.15) is 11.5 Å². The quantitative estimate of drug-likeness (QED) is 0.639. The molecule has 4 rings (SSSR count). The number of ether oxygens (including phenoxy) is 2. The summed E-state index contributed by atoms with van der Waals surface area (Å²) < 4.78 is 11.1. The van der Waals surface area contributed by atoms with Gasteiger partial charge in [0, 0.05) is 5.41 Å². The van der Waals surface area contributed by atoms with Crippen molar-refractivity contribution in [3.05, 3.63) is 0 Å². The van der Waals surface area contributed by atoms with E-state index in [1.54, 1.807) is 0 Å². The highest BCUT2D eigenvalue weighted by molar-refractivity contribution is 5.83. The molecular formula is C15H22O5. The number of hydrogen-bond acceptors (Lipinski definition) is 5. The highest BCUT2D eigenvalue weighted by atomic mass is 16.7. The smallest absolute Gasteiger partial charge is 0.320 e. The third-order valence-corrected chi connectivity index (χ3v) is 7.66. The molecule has 9 atom stereocenters. The standard InChI is InChI=1S/C15H22O5/c1-6-8-5-13(3)7(2)15(11(19-8)14(6,13)4)9(16)10(17)20-12(15)18/h6-11,16-17H,5H2,1-4H3/t6-,7+,8+,9+,10-,11+,13+,14-,15+/m1/s1. The molecule has 0 radical (unpaired) electrons. The van der Waals surface area contributed by atoms with Crippen molar-refractivity contribution in [1.29, 1.82) is 0 Å². The Labute approximate surface area is 118 Å². The number of esters is 1. The van der Waals surface area contributed by atoms with Gasteiger partial charge in [0.25, 0.3) is 0 Å². The van der Waals surface area contributed by atoms with Crippen LogP contribution in [0.15, 0.2) is 0 Å². The van der Waals surface area contributed by atoms with Crippen LogP contribution in [0.3, 0.4) is 0 Å². The molecule has 0 aromatic rings. The van der Waals surface area contributed by atoms with Gasteiger partial charge in [0.2, 0.25) is 6.29 Å². The Morgan fingerprint density at radius 1 is 1.25 bits per heavy atom. The van der Waals surface area contributed by atoms with Crippen LogP contribution in [-0.4, -0.2) is 40.8 Å². The van der Waals surface area contributed by atoms with Crippen LogP contribution in [0, 0.1) is 28.1 Å². The maximum atomic E-state index is 12.5. The predicted octanol–water partition coefficient (Wildman–Crippen LogP) is 0.678. The predicted molar refractivity (Wildman–Crippen MR) is 68.4 cm³/mol. The highest BCUT2D eigenvalue weighted by Gasteiger charge is 2.85. The maximum Gasteiger partial charge on any atom is 0.320 e. The first-order chi connectivity index (χ1) is 9.22. The second-order valence-electron chi connectivity index (χ2n) is 7.64. The summed E-state index contributed by atoms with van der Waals surface area (Å²) in [7, 11) is 0. The van der Waals surface area contributed by atoms with E-state index >= 15 is 0 Å². The monoisotopic (exact) mass is 282 g/mol. The molecule has 4 fully saturated rings. The number of fused-ring (bicyclic) bond motifs is 2. The Bertz CT molecular complexity index is 506. The van der Waals surface area contributed by atoms with E-state index in [4.69, 9.17) is 9.47 Å². The van der Waals surface area contributed by atoms with Gasteiger partial charge in [0.05, 0.1) is 12.2 Å². The van der Waals surface area contributed by atoms with Crippen molar-refractivity contribution in [2.45, 2.75) is 58.7 Å². The fraction of sp³-hybridized carbons (Fsp3) is 0.933. The van der Waals surface area contributed by atoms with E-state index in [1.165, 1.54) is 0 Å². The van der Waals surface area contributed by atoms with Crippen LogP contribution in [0.2, 0.25) is 0 Å². The zero-order valence-corrected chi connectivity index (χ0v) is 12.3. The molecule has 2 bridgehead atoms. The van der Waals surface area contributed by atoms with Crippen LogP contribution in [0.4, 0.5) is 0 Å². The molecule has 5 heteroatoms. The number of aliphatic hydroxyl groups excluding tert-OH is 2. The molecule has 0 unspecified atom stereocenters. The van der Waals surface area contributed by atoms with Crippen molar-refractivity contribution >= 4 is 5.97 Å². The lowest BCUT2D eigenvalue weighted by Crippen LogP contribution is -2.51. The summed E-state index contributed by atoms with van der Waals surface area (Å²) in [6.45, 7) is 8.55. The highest BCUT2D eigenvalue weighted by Crippen LogP contribution is 2.79. The van der Waals surface area contributed by atoms with E-state index in [1.807, 2.05) is 6.92 Å². The van der Waals surface area contributed by atoms with Gasteiger partial charge in [-0.1, -0.05) is 27.7 Å². The van der Waals surface area contributed by atoms with Crippen molar-refractivity contribution in [3.8, 4) is 0 Å². The Balaban J connectivity index is 1.96. The van der Waals surface area contributed by atoms with Crippen molar-refractivity contribution in [3.63, 3.8) is 0 Å². The third-order valence-electron chi connectivity index (χ3n) is 7.66. The van der Waals surface area contributed by atoms with Crippen LogP contribution in [0.5, 0.6) is 0 Å². The second kappa shape index (κ2) is 3.23. The molecule has 2 saturated heterocycles. The van der Waals surface area contributed by atoms with Crippen LogP contribution in [0.1, 0.15) is 34.1 Å². The Hall–Kier alpha value is -0.650. The largest absolute Gasteiger partial charge is 0.432 e. The zero-order chi connectivity index (χ0) is 14.7. The van der Waals surface area contributed by atoms with E-state index in [9.17, 15) is 15.0 Å². The maximum absolute atomic E-state index is 12.5. The first-order valence-corrected chi connectivity index (χ1v) is 7.45. The minimum atomic E-state index is -1.44. The number of carbonyl (C=O) groups excluding carboxylic acids is 1. The molecule has 2 aliphatic heterocycles. The third kappa shape index (κ3) is 0.911. The first kappa shape index (κ1) is 13.0. The summed E-state index contributed by atoms with van der Waals surface area (Å²) in [5.41, 5.74) is -1.37. The van der Waals surface area contributed by atoms with Gasteiger partial charge in [-0.25, -0.2) is 0 Å². The topological polar surface area (TPSA) is 76.0 Å². The second-order valence-corrected chi connectivity index (χ2v) is 7.64. The summed E-state index contributed by atoms with van der Waals surface area (Å²) in [5, 5.41) is 20.3. The first-order valence-electron chi connectivity index (χ1n) is 7.45. The van der Waals surface area contributed by atoms with Crippen molar-refractivity contribution < 1.29 is 24.5 Å². The molecule has 2 heterocycles. The van der Waals surface area contributed by atoms with Gasteiger partial charge < -0.3 is 19.7 Å².